The summed E-state index contributed by atoms with van der Waals surface area (Å²) in [4.78, 5) is 22.4. The van der Waals surface area contributed by atoms with Gasteiger partial charge >= 0.3 is 6.09 Å². The summed E-state index contributed by atoms with van der Waals surface area (Å²) in [5, 5.41) is 16.7. The quantitative estimate of drug-likeness (QED) is 0.637. The molecule has 1 saturated heterocycles. The second kappa shape index (κ2) is 6.82. The van der Waals surface area contributed by atoms with Gasteiger partial charge in [0.2, 0.25) is 0 Å². The molecule has 0 spiro atoms. The average molecular weight is 323 g/mol. The number of nitro benzene ring substituents is 1. The second-order valence-corrected chi connectivity index (χ2v) is 6.28. The van der Waals surface area contributed by atoms with Gasteiger partial charge in [-0.3, -0.25) is 15.4 Å². The van der Waals surface area contributed by atoms with Crippen LogP contribution in [0.1, 0.15) is 27.2 Å². The Hall–Kier alpha value is -2.35. The van der Waals surface area contributed by atoms with Gasteiger partial charge in [0, 0.05) is 19.2 Å². The van der Waals surface area contributed by atoms with E-state index in [4.69, 9.17) is 9.47 Å². The monoisotopic (exact) mass is 323 g/mol. The minimum Gasteiger partial charge on any atom is -0.444 e. The lowest BCUT2D eigenvalue weighted by molar-refractivity contribution is -0.383. The number of rotatable bonds is 5. The lowest BCUT2D eigenvalue weighted by Crippen LogP contribution is -2.33. The predicted octanol–water partition coefficient (Wildman–Crippen LogP) is 3.14. The molecule has 0 aliphatic carbocycles. The highest BCUT2D eigenvalue weighted by atomic mass is 16.6. The minimum absolute atomic E-state index is 0.0918. The maximum Gasteiger partial charge on any atom is 0.412 e. The maximum absolute atomic E-state index is 11.7. The van der Waals surface area contributed by atoms with E-state index in [1.807, 2.05) is 0 Å². The normalized spacial score (nSPS) is 17.1. The third-order valence-electron chi connectivity index (χ3n) is 3.15. The summed E-state index contributed by atoms with van der Waals surface area (Å²) in [6.07, 6.45) is 0.378. The average Bonchev–Trinajstić information content (AvgIpc) is 2.35. The molecule has 0 bridgehead atoms. The van der Waals surface area contributed by atoms with E-state index in [1.165, 1.54) is 6.07 Å². The smallest absolute Gasteiger partial charge is 0.412 e. The molecule has 23 heavy (non-hydrogen) atoms. The van der Waals surface area contributed by atoms with Crippen molar-refractivity contribution < 1.29 is 19.2 Å². The Morgan fingerprint density at radius 1 is 1.48 bits per heavy atom. The summed E-state index contributed by atoms with van der Waals surface area (Å²) in [7, 11) is 0. The Bertz CT molecular complexity index is 593. The number of carbonyl (C=O) groups excluding carboxylic acids is 1. The van der Waals surface area contributed by atoms with Crippen LogP contribution in [0, 0.1) is 10.1 Å². The van der Waals surface area contributed by atoms with Gasteiger partial charge in [-0.15, -0.1) is 0 Å². The number of anilines is 2. The second-order valence-electron chi connectivity index (χ2n) is 6.28. The molecule has 2 N–H and O–H groups in total. The van der Waals surface area contributed by atoms with E-state index in [9.17, 15) is 14.9 Å². The van der Waals surface area contributed by atoms with Crippen LogP contribution < -0.4 is 10.6 Å². The Balaban J connectivity index is 2.05. The molecule has 1 unspecified atom stereocenters. The number of carbonyl (C=O) groups is 1. The first-order chi connectivity index (χ1) is 10.7. The largest absolute Gasteiger partial charge is 0.444 e. The molecule has 0 aromatic heterocycles. The number of ether oxygens (including phenoxy) is 2. The zero-order chi connectivity index (χ0) is 17.0. The van der Waals surface area contributed by atoms with Crippen molar-refractivity contribution in [3.8, 4) is 0 Å². The van der Waals surface area contributed by atoms with Crippen LogP contribution in [0.4, 0.5) is 21.9 Å². The number of hydrogen-bond donors (Lipinski definition) is 2. The molecular formula is C15H21N3O5. The van der Waals surface area contributed by atoms with Gasteiger partial charge in [-0.25, -0.2) is 4.79 Å². The molecular weight excluding hydrogens is 302 g/mol. The highest BCUT2D eigenvalue weighted by Crippen LogP contribution is 2.28. The van der Waals surface area contributed by atoms with Gasteiger partial charge < -0.3 is 14.8 Å². The summed E-state index contributed by atoms with van der Waals surface area (Å²) in [6, 6.07) is 4.44. The molecule has 1 aromatic carbocycles. The SMILES string of the molecule is CC(C)(C)OC(=O)Nc1ccc(NCC2CCO2)c([N+](=O)[O-])c1. The molecule has 1 aromatic rings. The number of hydrogen-bond acceptors (Lipinski definition) is 6. The summed E-state index contributed by atoms with van der Waals surface area (Å²) in [5.41, 5.74) is -0.0604. The Morgan fingerprint density at radius 3 is 2.70 bits per heavy atom. The molecule has 2 rings (SSSR count). The molecule has 0 saturated carbocycles. The number of benzene rings is 1. The molecule has 1 fully saturated rings. The fourth-order valence-corrected chi connectivity index (χ4v) is 2.00. The molecule has 8 heteroatoms. The van der Waals surface area contributed by atoms with Crippen molar-refractivity contribution in [2.24, 2.45) is 0 Å². The maximum atomic E-state index is 11.7. The fourth-order valence-electron chi connectivity index (χ4n) is 2.00. The van der Waals surface area contributed by atoms with E-state index in [-0.39, 0.29) is 11.8 Å². The van der Waals surface area contributed by atoms with Crippen LogP contribution in [0.25, 0.3) is 0 Å². The van der Waals surface area contributed by atoms with Gasteiger partial charge in [-0.2, -0.15) is 0 Å². The van der Waals surface area contributed by atoms with E-state index >= 15 is 0 Å². The van der Waals surface area contributed by atoms with Crippen molar-refractivity contribution in [2.75, 3.05) is 23.8 Å². The molecule has 1 heterocycles. The van der Waals surface area contributed by atoms with Gasteiger partial charge in [0.1, 0.15) is 11.3 Å². The Morgan fingerprint density at radius 2 is 2.17 bits per heavy atom. The minimum atomic E-state index is -0.657. The van der Waals surface area contributed by atoms with Crippen molar-refractivity contribution in [3.05, 3.63) is 28.3 Å². The molecule has 1 amide bonds. The van der Waals surface area contributed by atoms with E-state index in [1.54, 1.807) is 32.9 Å². The standard InChI is InChI=1S/C15H21N3O5/c1-15(2,3)23-14(19)17-10-4-5-12(13(8-10)18(20)21)16-9-11-6-7-22-11/h4-5,8,11,16H,6-7,9H2,1-3H3,(H,17,19). The van der Waals surface area contributed by atoms with E-state index < -0.39 is 16.6 Å². The third-order valence-corrected chi connectivity index (χ3v) is 3.15. The van der Waals surface area contributed by atoms with E-state index in [0.717, 1.165) is 13.0 Å². The number of nitrogens with zero attached hydrogens (tertiary/aromatic N) is 1. The van der Waals surface area contributed by atoms with Crippen LogP contribution in [0.3, 0.4) is 0 Å². The molecule has 8 nitrogen and oxygen atoms in total. The van der Waals surface area contributed by atoms with Gasteiger partial charge in [-0.1, -0.05) is 0 Å². The van der Waals surface area contributed by atoms with Crippen molar-refractivity contribution in [3.63, 3.8) is 0 Å². The van der Waals surface area contributed by atoms with Crippen LogP contribution in [-0.2, 0) is 9.47 Å². The lowest BCUT2D eigenvalue weighted by atomic mass is 10.2. The molecule has 126 valence electrons. The van der Waals surface area contributed by atoms with Gasteiger partial charge in [-0.05, 0) is 39.3 Å². The zero-order valence-corrected chi connectivity index (χ0v) is 13.4. The summed E-state index contributed by atoms with van der Waals surface area (Å²) < 4.78 is 10.4. The molecule has 1 atom stereocenters. The van der Waals surface area contributed by atoms with E-state index in [2.05, 4.69) is 10.6 Å². The zero-order valence-electron chi connectivity index (χ0n) is 13.4. The van der Waals surface area contributed by atoms with Crippen LogP contribution in [0.5, 0.6) is 0 Å². The predicted molar refractivity (Wildman–Crippen MR) is 85.8 cm³/mol. The van der Waals surface area contributed by atoms with Crippen LogP contribution in [-0.4, -0.2) is 35.9 Å². The highest BCUT2D eigenvalue weighted by Gasteiger charge is 2.21. The van der Waals surface area contributed by atoms with E-state index in [0.29, 0.717) is 17.9 Å². The van der Waals surface area contributed by atoms with Gasteiger partial charge in [0.25, 0.3) is 5.69 Å². The van der Waals surface area contributed by atoms with Crippen LogP contribution in [0.15, 0.2) is 18.2 Å². The van der Waals surface area contributed by atoms with Crippen molar-refractivity contribution in [1.82, 2.24) is 0 Å². The Kier molecular flexibility index (Phi) is 5.05. The van der Waals surface area contributed by atoms with Crippen LogP contribution in [0.2, 0.25) is 0 Å². The Labute approximate surface area is 134 Å². The first-order valence-electron chi connectivity index (χ1n) is 7.38. The number of amides is 1. The first kappa shape index (κ1) is 17.0. The third kappa shape index (κ3) is 5.10. The molecule has 1 aliphatic heterocycles. The van der Waals surface area contributed by atoms with Crippen molar-refractivity contribution in [1.29, 1.82) is 0 Å². The number of nitrogens with one attached hydrogen (secondary N) is 2. The van der Waals surface area contributed by atoms with Crippen molar-refractivity contribution >= 4 is 23.2 Å². The topological polar surface area (TPSA) is 103 Å². The van der Waals surface area contributed by atoms with Crippen LogP contribution >= 0.6 is 0 Å². The summed E-state index contributed by atoms with van der Waals surface area (Å²) in [5.74, 6) is 0. The lowest BCUT2D eigenvalue weighted by Gasteiger charge is -2.26. The summed E-state index contributed by atoms with van der Waals surface area (Å²) >= 11 is 0. The van der Waals surface area contributed by atoms with Gasteiger partial charge in [0.15, 0.2) is 0 Å². The van der Waals surface area contributed by atoms with Gasteiger partial charge in [0.05, 0.1) is 16.7 Å². The first-order valence-corrected chi connectivity index (χ1v) is 7.38. The highest BCUT2D eigenvalue weighted by molar-refractivity contribution is 5.86. The molecule has 1 aliphatic rings. The number of nitro groups is 1. The fraction of sp³-hybridized carbons (Fsp3) is 0.533. The summed E-state index contributed by atoms with van der Waals surface area (Å²) in [6.45, 7) is 6.46. The van der Waals surface area contributed by atoms with Crippen molar-refractivity contribution in [2.45, 2.75) is 38.9 Å². The molecule has 0 radical (unpaired) electrons.